The summed E-state index contributed by atoms with van der Waals surface area (Å²) >= 11 is 3.50. The number of nitrogens with two attached hydrogens (primary N) is 1. The highest BCUT2D eigenvalue weighted by Crippen LogP contribution is 2.32. The molecule has 2 heterocycles. The molecule has 104 valence electrons. The summed E-state index contributed by atoms with van der Waals surface area (Å²) < 4.78 is 3.15. The predicted octanol–water partition coefficient (Wildman–Crippen LogP) is 2.54. The lowest BCUT2D eigenvalue weighted by atomic mass is 10.1. The minimum atomic E-state index is 0.103. The first-order valence-corrected chi connectivity index (χ1v) is 7.34. The van der Waals surface area contributed by atoms with E-state index in [1.54, 1.807) is 0 Å². The molecule has 1 aromatic carbocycles. The van der Waals surface area contributed by atoms with Gasteiger partial charge in [0.1, 0.15) is 0 Å². The molecule has 1 aliphatic rings. The van der Waals surface area contributed by atoms with Gasteiger partial charge in [0, 0.05) is 16.7 Å². The van der Waals surface area contributed by atoms with E-state index in [1.165, 1.54) is 0 Å². The lowest BCUT2D eigenvalue weighted by molar-refractivity contribution is 0.643. The summed E-state index contributed by atoms with van der Waals surface area (Å²) in [4.78, 5) is 10.7. The third-order valence-corrected chi connectivity index (χ3v) is 3.99. The number of aliphatic imine (C=N–C) groups is 1. The van der Waals surface area contributed by atoms with Crippen LogP contribution in [0, 0.1) is 0 Å². The summed E-state index contributed by atoms with van der Waals surface area (Å²) in [6, 6.07) is 8.19. The second-order valence-corrected chi connectivity index (χ2v) is 5.58. The molecule has 1 aliphatic heterocycles. The Hall–Kier alpha value is -1.82. The van der Waals surface area contributed by atoms with Gasteiger partial charge in [-0.25, -0.2) is 4.98 Å². The molecule has 0 fully saturated rings. The molecule has 2 aromatic rings. The van der Waals surface area contributed by atoms with Gasteiger partial charge in [-0.1, -0.05) is 22.0 Å². The van der Waals surface area contributed by atoms with Crippen molar-refractivity contribution >= 4 is 27.6 Å². The lowest BCUT2D eigenvalue weighted by Crippen LogP contribution is -2.36. The van der Waals surface area contributed by atoms with E-state index < -0.39 is 0 Å². The van der Waals surface area contributed by atoms with E-state index in [0.29, 0.717) is 12.5 Å². The number of anilines is 1. The van der Waals surface area contributed by atoms with Crippen molar-refractivity contribution in [3.05, 3.63) is 47.0 Å². The zero-order valence-electron chi connectivity index (χ0n) is 11.2. The average Bonchev–Trinajstić information content (AvgIpc) is 3.04. The number of aryl methyl sites for hydroxylation is 1. The Morgan fingerprint density at radius 3 is 3.05 bits per heavy atom. The van der Waals surface area contributed by atoms with Crippen molar-refractivity contribution in [3.8, 4) is 0 Å². The predicted molar refractivity (Wildman–Crippen MR) is 83.8 cm³/mol. The standard InChI is InChI=1S/C14H16BrN5/c1-2-19-9-17-7-12(19)13-8-18-14(16)20(13)11-5-3-4-10(15)6-11/h3-7,9,13H,2,8H2,1H3,(H2,16,18). The summed E-state index contributed by atoms with van der Waals surface area (Å²) in [5, 5.41) is 0. The molecule has 2 N–H and O–H groups in total. The molecule has 0 bridgehead atoms. The van der Waals surface area contributed by atoms with Crippen LogP contribution < -0.4 is 10.6 Å². The first-order chi connectivity index (χ1) is 9.70. The van der Waals surface area contributed by atoms with Crippen LogP contribution in [-0.4, -0.2) is 22.1 Å². The van der Waals surface area contributed by atoms with Crippen molar-refractivity contribution in [3.63, 3.8) is 0 Å². The Bertz CT molecular complexity index is 649. The molecule has 0 radical (unpaired) electrons. The number of hydrogen-bond acceptors (Lipinski definition) is 4. The maximum absolute atomic E-state index is 6.08. The molecule has 1 unspecified atom stereocenters. The average molecular weight is 334 g/mol. The molecule has 6 heteroatoms. The van der Waals surface area contributed by atoms with Gasteiger partial charge in [-0.2, -0.15) is 0 Å². The van der Waals surface area contributed by atoms with Crippen molar-refractivity contribution in [2.75, 3.05) is 11.4 Å². The fourth-order valence-electron chi connectivity index (χ4n) is 2.53. The van der Waals surface area contributed by atoms with E-state index in [0.717, 1.165) is 22.4 Å². The summed E-state index contributed by atoms with van der Waals surface area (Å²) in [5.41, 5.74) is 8.25. The van der Waals surface area contributed by atoms with Gasteiger partial charge in [-0.15, -0.1) is 0 Å². The number of benzene rings is 1. The molecule has 0 saturated carbocycles. The second-order valence-electron chi connectivity index (χ2n) is 4.67. The molecule has 1 atom stereocenters. The zero-order chi connectivity index (χ0) is 14.1. The Morgan fingerprint density at radius 1 is 1.45 bits per heavy atom. The van der Waals surface area contributed by atoms with Crippen molar-refractivity contribution in [1.82, 2.24) is 9.55 Å². The summed E-state index contributed by atoms with van der Waals surface area (Å²) in [6.07, 6.45) is 3.75. The van der Waals surface area contributed by atoms with Crippen LogP contribution >= 0.6 is 15.9 Å². The highest BCUT2D eigenvalue weighted by atomic mass is 79.9. The Labute approximate surface area is 126 Å². The number of aromatic nitrogens is 2. The fraction of sp³-hybridized carbons (Fsp3) is 0.286. The van der Waals surface area contributed by atoms with Gasteiger partial charge in [0.25, 0.3) is 0 Å². The zero-order valence-corrected chi connectivity index (χ0v) is 12.8. The Kier molecular flexibility index (Phi) is 3.48. The normalized spacial score (nSPS) is 18.4. The number of guanidine groups is 1. The first-order valence-electron chi connectivity index (χ1n) is 6.55. The molecule has 20 heavy (non-hydrogen) atoms. The molecule has 3 rings (SSSR count). The van der Waals surface area contributed by atoms with E-state index in [9.17, 15) is 0 Å². The van der Waals surface area contributed by atoms with Crippen molar-refractivity contribution < 1.29 is 0 Å². The van der Waals surface area contributed by atoms with Gasteiger partial charge in [0.15, 0.2) is 5.96 Å². The smallest absolute Gasteiger partial charge is 0.196 e. The van der Waals surface area contributed by atoms with Crippen LogP contribution in [0.5, 0.6) is 0 Å². The van der Waals surface area contributed by atoms with Gasteiger partial charge in [-0.3, -0.25) is 4.99 Å². The molecule has 5 nitrogen and oxygen atoms in total. The van der Waals surface area contributed by atoms with E-state index in [1.807, 2.05) is 36.8 Å². The molecule has 0 spiro atoms. The number of rotatable bonds is 3. The maximum Gasteiger partial charge on any atom is 0.196 e. The minimum absolute atomic E-state index is 0.103. The summed E-state index contributed by atoms with van der Waals surface area (Å²) in [7, 11) is 0. The minimum Gasteiger partial charge on any atom is -0.369 e. The highest BCUT2D eigenvalue weighted by molar-refractivity contribution is 9.10. The second kappa shape index (κ2) is 5.28. The van der Waals surface area contributed by atoms with Crippen LogP contribution in [0.1, 0.15) is 18.7 Å². The van der Waals surface area contributed by atoms with Gasteiger partial charge >= 0.3 is 0 Å². The molecule has 0 aliphatic carbocycles. The molecule has 0 amide bonds. The van der Waals surface area contributed by atoms with Crippen LogP contribution in [0.4, 0.5) is 5.69 Å². The Balaban J connectivity index is 2.01. The van der Waals surface area contributed by atoms with Gasteiger partial charge in [0.2, 0.25) is 0 Å². The topological polar surface area (TPSA) is 59.4 Å². The van der Waals surface area contributed by atoms with E-state index in [-0.39, 0.29) is 6.04 Å². The van der Waals surface area contributed by atoms with Crippen molar-refractivity contribution in [2.24, 2.45) is 10.7 Å². The van der Waals surface area contributed by atoms with Crippen LogP contribution in [0.2, 0.25) is 0 Å². The number of imidazole rings is 1. The fourth-order valence-corrected chi connectivity index (χ4v) is 2.92. The van der Waals surface area contributed by atoms with Crippen molar-refractivity contribution in [1.29, 1.82) is 0 Å². The number of hydrogen-bond donors (Lipinski definition) is 1. The van der Waals surface area contributed by atoms with E-state index in [4.69, 9.17) is 5.73 Å². The third-order valence-electron chi connectivity index (χ3n) is 3.50. The van der Waals surface area contributed by atoms with Gasteiger partial charge < -0.3 is 15.2 Å². The van der Waals surface area contributed by atoms with Gasteiger partial charge in [0.05, 0.1) is 30.8 Å². The molecule has 0 saturated heterocycles. The lowest BCUT2D eigenvalue weighted by Gasteiger charge is -2.27. The summed E-state index contributed by atoms with van der Waals surface area (Å²) in [5.74, 6) is 0.553. The quantitative estimate of drug-likeness (QED) is 0.938. The van der Waals surface area contributed by atoms with E-state index >= 15 is 0 Å². The SMILES string of the molecule is CCn1cncc1C1CN=C(N)N1c1cccc(Br)c1. The largest absolute Gasteiger partial charge is 0.369 e. The number of nitrogens with zero attached hydrogens (tertiary/aromatic N) is 4. The van der Waals surface area contributed by atoms with Crippen molar-refractivity contribution in [2.45, 2.75) is 19.5 Å². The Morgan fingerprint density at radius 2 is 2.30 bits per heavy atom. The van der Waals surface area contributed by atoms with E-state index in [2.05, 4.69) is 42.3 Å². The maximum atomic E-state index is 6.08. The van der Waals surface area contributed by atoms with Crippen LogP contribution in [0.25, 0.3) is 0 Å². The first kappa shape index (κ1) is 13.2. The molecule has 1 aromatic heterocycles. The number of halogens is 1. The van der Waals surface area contributed by atoms with Crippen LogP contribution in [-0.2, 0) is 6.54 Å². The molecular formula is C14H16BrN5. The molecular weight excluding hydrogens is 318 g/mol. The van der Waals surface area contributed by atoms with Crippen LogP contribution in [0.15, 0.2) is 46.3 Å². The van der Waals surface area contributed by atoms with Crippen LogP contribution in [0.3, 0.4) is 0 Å². The van der Waals surface area contributed by atoms with Gasteiger partial charge in [-0.05, 0) is 25.1 Å². The summed E-state index contributed by atoms with van der Waals surface area (Å²) in [6.45, 7) is 3.65. The third kappa shape index (κ3) is 2.20. The monoisotopic (exact) mass is 333 g/mol. The highest BCUT2D eigenvalue weighted by Gasteiger charge is 2.30.